The Kier molecular flexibility index (Phi) is 3.90. The normalized spacial score (nSPS) is 15.4. The van der Waals surface area contributed by atoms with E-state index in [9.17, 15) is 9.59 Å². The predicted octanol–water partition coefficient (Wildman–Crippen LogP) is 2.65. The van der Waals surface area contributed by atoms with Gasteiger partial charge in [0.15, 0.2) is 5.78 Å². The van der Waals surface area contributed by atoms with E-state index in [1.54, 1.807) is 24.5 Å². The number of amides is 1. The molecule has 138 valence electrons. The number of aromatic nitrogens is 2. The van der Waals surface area contributed by atoms with E-state index in [0.717, 1.165) is 11.1 Å². The maximum absolute atomic E-state index is 13.0. The summed E-state index contributed by atoms with van der Waals surface area (Å²) in [5, 5.41) is 0. The minimum Gasteiger partial charge on any atom is -0.337 e. The van der Waals surface area contributed by atoms with Crippen molar-refractivity contribution >= 4 is 17.6 Å². The Morgan fingerprint density at radius 2 is 1.46 bits per heavy atom. The Balaban J connectivity index is 1.34. The third kappa shape index (κ3) is 2.65. The van der Waals surface area contributed by atoms with E-state index < -0.39 is 0 Å². The molecule has 0 radical (unpaired) electrons. The number of hydrogen-bond donors (Lipinski definition) is 0. The summed E-state index contributed by atoms with van der Waals surface area (Å²) < 4.78 is 0. The highest BCUT2D eigenvalue weighted by atomic mass is 16.2. The molecule has 0 saturated carbocycles. The van der Waals surface area contributed by atoms with Crippen LogP contribution in [-0.2, 0) is 0 Å². The number of anilines is 1. The second kappa shape index (κ2) is 6.56. The van der Waals surface area contributed by atoms with Gasteiger partial charge in [0, 0.05) is 55.3 Å². The fraction of sp³-hybridized carbons (Fsp3) is 0.182. The van der Waals surface area contributed by atoms with Crippen molar-refractivity contribution in [2.45, 2.75) is 0 Å². The molecule has 1 fully saturated rings. The summed E-state index contributed by atoms with van der Waals surface area (Å²) in [5.74, 6) is 0.641. The molecule has 6 nitrogen and oxygen atoms in total. The van der Waals surface area contributed by atoms with E-state index in [0.29, 0.717) is 48.8 Å². The molecule has 1 amide bonds. The molecule has 0 spiro atoms. The zero-order valence-electron chi connectivity index (χ0n) is 15.2. The summed E-state index contributed by atoms with van der Waals surface area (Å²) in [7, 11) is 0. The zero-order chi connectivity index (χ0) is 19.1. The number of ketones is 1. The highest BCUT2D eigenvalue weighted by Gasteiger charge is 2.29. The van der Waals surface area contributed by atoms with Crippen LogP contribution in [-0.4, -0.2) is 52.7 Å². The molecular formula is C22H18N4O2. The van der Waals surface area contributed by atoms with Gasteiger partial charge in [-0.1, -0.05) is 30.3 Å². The summed E-state index contributed by atoms with van der Waals surface area (Å²) in [6, 6.07) is 14.8. The third-order valence-electron chi connectivity index (χ3n) is 5.37. The van der Waals surface area contributed by atoms with E-state index in [1.165, 1.54) is 0 Å². The first kappa shape index (κ1) is 16.6. The monoisotopic (exact) mass is 370 g/mol. The van der Waals surface area contributed by atoms with Gasteiger partial charge < -0.3 is 9.80 Å². The van der Waals surface area contributed by atoms with Gasteiger partial charge in [0.25, 0.3) is 5.91 Å². The Bertz CT molecular complexity index is 1070. The van der Waals surface area contributed by atoms with Crippen molar-refractivity contribution < 1.29 is 9.59 Å². The van der Waals surface area contributed by atoms with Gasteiger partial charge in [0.2, 0.25) is 5.95 Å². The largest absolute Gasteiger partial charge is 0.337 e. The summed E-state index contributed by atoms with van der Waals surface area (Å²) in [6.07, 6.45) is 3.44. The molecule has 6 heteroatoms. The summed E-state index contributed by atoms with van der Waals surface area (Å²) in [6.45, 7) is 2.57. The molecule has 28 heavy (non-hydrogen) atoms. The number of carbonyl (C=O) groups excluding carboxylic acids is 2. The quantitative estimate of drug-likeness (QED) is 0.543. The van der Waals surface area contributed by atoms with Gasteiger partial charge in [0.1, 0.15) is 0 Å². The summed E-state index contributed by atoms with van der Waals surface area (Å²) in [4.78, 5) is 38.1. The smallest absolute Gasteiger partial charge is 0.253 e. The second-order valence-corrected chi connectivity index (χ2v) is 6.96. The van der Waals surface area contributed by atoms with Crippen molar-refractivity contribution in [2.24, 2.45) is 0 Å². The van der Waals surface area contributed by atoms with Crippen molar-refractivity contribution in [1.29, 1.82) is 0 Å². The van der Waals surface area contributed by atoms with Crippen LogP contribution in [0.1, 0.15) is 26.3 Å². The lowest BCUT2D eigenvalue weighted by molar-refractivity contribution is 0.0746. The number of piperazine rings is 1. The number of benzene rings is 2. The SMILES string of the molecule is O=C1c2ccccc2-c2ccc(C(=O)N3CCN(c4ncccn4)CC3)cc21. The molecule has 0 unspecified atom stereocenters. The maximum Gasteiger partial charge on any atom is 0.253 e. The van der Waals surface area contributed by atoms with Crippen LogP contribution in [0, 0.1) is 0 Å². The molecule has 0 N–H and O–H groups in total. The minimum atomic E-state index is -0.0415. The number of hydrogen-bond acceptors (Lipinski definition) is 5. The number of rotatable bonds is 2. The molecule has 2 heterocycles. The lowest BCUT2D eigenvalue weighted by Gasteiger charge is -2.34. The average Bonchev–Trinajstić information content (AvgIpc) is 3.06. The molecule has 3 aromatic rings. The first-order valence-electron chi connectivity index (χ1n) is 9.32. The Morgan fingerprint density at radius 1 is 0.786 bits per heavy atom. The van der Waals surface area contributed by atoms with Crippen LogP contribution in [0.25, 0.3) is 11.1 Å². The van der Waals surface area contributed by atoms with Crippen molar-refractivity contribution in [2.75, 3.05) is 31.1 Å². The molecule has 1 aliphatic carbocycles. The van der Waals surface area contributed by atoms with Gasteiger partial charge in [-0.3, -0.25) is 9.59 Å². The van der Waals surface area contributed by atoms with Gasteiger partial charge in [-0.2, -0.15) is 0 Å². The average molecular weight is 370 g/mol. The van der Waals surface area contributed by atoms with Gasteiger partial charge in [-0.15, -0.1) is 0 Å². The van der Waals surface area contributed by atoms with E-state index >= 15 is 0 Å². The molecule has 0 bridgehead atoms. The van der Waals surface area contributed by atoms with E-state index in [1.807, 2.05) is 41.3 Å². The molecule has 1 aromatic heterocycles. The van der Waals surface area contributed by atoms with Gasteiger partial charge >= 0.3 is 0 Å². The molecule has 1 saturated heterocycles. The zero-order valence-corrected chi connectivity index (χ0v) is 15.2. The second-order valence-electron chi connectivity index (χ2n) is 6.96. The predicted molar refractivity (Wildman–Crippen MR) is 105 cm³/mol. The van der Waals surface area contributed by atoms with Crippen LogP contribution in [0.3, 0.4) is 0 Å². The molecular weight excluding hydrogens is 352 g/mol. The standard InChI is InChI=1S/C22H18N4O2/c27-20-18-5-2-1-4-16(18)17-7-6-15(14-19(17)20)21(28)25-10-12-26(13-11-25)22-23-8-3-9-24-22/h1-9,14H,10-13H2. The number of nitrogens with zero attached hydrogens (tertiary/aromatic N) is 4. The number of fused-ring (bicyclic) bond motifs is 3. The van der Waals surface area contributed by atoms with Crippen molar-refractivity contribution in [3.8, 4) is 11.1 Å². The highest BCUT2D eigenvalue weighted by molar-refractivity contribution is 6.22. The van der Waals surface area contributed by atoms with Crippen LogP contribution in [0.5, 0.6) is 0 Å². The van der Waals surface area contributed by atoms with Gasteiger partial charge in [0.05, 0.1) is 0 Å². The Morgan fingerprint density at radius 3 is 2.21 bits per heavy atom. The van der Waals surface area contributed by atoms with Gasteiger partial charge in [-0.05, 0) is 29.3 Å². The van der Waals surface area contributed by atoms with Crippen LogP contribution in [0.15, 0.2) is 60.9 Å². The van der Waals surface area contributed by atoms with Gasteiger partial charge in [-0.25, -0.2) is 9.97 Å². The Labute approximate surface area is 162 Å². The Hall–Kier alpha value is -3.54. The molecule has 2 aliphatic rings. The van der Waals surface area contributed by atoms with Crippen molar-refractivity contribution in [3.05, 3.63) is 77.6 Å². The maximum atomic E-state index is 13.0. The lowest BCUT2D eigenvalue weighted by atomic mass is 10.0. The molecule has 2 aromatic carbocycles. The lowest BCUT2D eigenvalue weighted by Crippen LogP contribution is -2.49. The molecule has 0 atom stereocenters. The minimum absolute atomic E-state index is 0.00806. The van der Waals surface area contributed by atoms with Crippen molar-refractivity contribution in [1.82, 2.24) is 14.9 Å². The first-order valence-corrected chi connectivity index (χ1v) is 9.32. The van der Waals surface area contributed by atoms with Crippen LogP contribution in [0.4, 0.5) is 5.95 Å². The fourth-order valence-corrected chi connectivity index (χ4v) is 3.91. The molecule has 5 rings (SSSR count). The first-order chi connectivity index (χ1) is 13.7. The van der Waals surface area contributed by atoms with E-state index in [-0.39, 0.29) is 11.7 Å². The van der Waals surface area contributed by atoms with Crippen LogP contribution in [0.2, 0.25) is 0 Å². The summed E-state index contributed by atoms with van der Waals surface area (Å²) in [5.41, 5.74) is 3.73. The number of carbonyl (C=O) groups is 2. The van der Waals surface area contributed by atoms with E-state index in [4.69, 9.17) is 0 Å². The summed E-state index contributed by atoms with van der Waals surface area (Å²) >= 11 is 0. The fourth-order valence-electron chi connectivity index (χ4n) is 3.91. The highest BCUT2D eigenvalue weighted by Crippen LogP contribution is 2.36. The topological polar surface area (TPSA) is 66.4 Å². The third-order valence-corrected chi connectivity index (χ3v) is 5.37. The van der Waals surface area contributed by atoms with E-state index in [2.05, 4.69) is 14.9 Å². The molecule has 1 aliphatic heterocycles. The van der Waals surface area contributed by atoms with Crippen LogP contribution < -0.4 is 4.90 Å². The van der Waals surface area contributed by atoms with Crippen LogP contribution >= 0.6 is 0 Å². The van der Waals surface area contributed by atoms with Crippen molar-refractivity contribution in [3.63, 3.8) is 0 Å².